The van der Waals surface area contributed by atoms with Gasteiger partial charge in [0.15, 0.2) is 0 Å². The van der Waals surface area contributed by atoms with Crippen LogP contribution in [-0.2, 0) is 0 Å². The number of likely N-dealkylation sites (N-methyl/N-ethyl adjacent to an activating group) is 1. The van der Waals surface area contributed by atoms with Gasteiger partial charge in [-0.05, 0) is 58.8 Å². The van der Waals surface area contributed by atoms with Gasteiger partial charge < -0.3 is 14.8 Å². The normalized spacial score (nSPS) is 15.5. The fourth-order valence-corrected chi connectivity index (χ4v) is 4.51. The molecule has 1 saturated heterocycles. The summed E-state index contributed by atoms with van der Waals surface area (Å²) in [5, 5.41) is 5.52. The first-order valence-corrected chi connectivity index (χ1v) is 10.3. The van der Waals surface area contributed by atoms with E-state index in [9.17, 15) is 0 Å². The van der Waals surface area contributed by atoms with Crippen molar-refractivity contribution in [2.75, 3.05) is 38.1 Å². The molecule has 1 aliphatic rings. The molecule has 136 valence electrons. The highest BCUT2D eigenvalue weighted by molar-refractivity contribution is 7.08. The van der Waals surface area contributed by atoms with Crippen molar-refractivity contribution >= 4 is 28.1 Å². The summed E-state index contributed by atoms with van der Waals surface area (Å²) < 4.78 is 0. The predicted octanol–water partition coefficient (Wildman–Crippen LogP) is 4.71. The Labute approximate surface area is 163 Å². The number of aromatic nitrogens is 2. The first kappa shape index (κ1) is 16.5. The van der Waals surface area contributed by atoms with Crippen molar-refractivity contribution in [3.8, 4) is 22.3 Å². The van der Waals surface area contributed by atoms with E-state index in [-0.39, 0.29) is 0 Å². The fraction of sp³-hybridized carbons (Fsp3) is 0.227. The van der Waals surface area contributed by atoms with Crippen LogP contribution >= 0.6 is 11.3 Å². The number of hydrogen-bond donors (Lipinski definition) is 1. The minimum Gasteiger partial charge on any atom is -0.369 e. The number of fused-ring (bicyclic) bond motifs is 1. The third kappa shape index (κ3) is 3.03. The molecule has 0 saturated carbocycles. The van der Waals surface area contributed by atoms with Crippen LogP contribution in [0.1, 0.15) is 0 Å². The standard InChI is InChI=1S/C22H22N4S/c1-25-9-11-26(12-10-25)18-4-2-16(3-5-18)20-14-24-22-21(20)19(6-8-23-22)17-7-13-27-15-17/h2-8,13-15H,9-12H2,1H3,(H,23,24). The van der Waals surface area contributed by atoms with Crippen LogP contribution in [0.4, 0.5) is 5.69 Å². The lowest BCUT2D eigenvalue weighted by Crippen LogP contribution is -2.44. The smallest absolute Gasteiger partial charge is 0.138 e. The Morgan fingerprint density at radius 1 is 0.926 bits per heavy atom. The molecule has 0 unspecified atom stereocenters. The van der Waals surface area contributed by atoms with E-state index in [4.69, 9.17) is 0 Å². The Balaban J connectivity index is 1.52. The summed E-state index contributed by atoms with van der Waals surface area (Å²) in [5.41, 5.74) is 7.18. The van der Waals surface area contributed by atoms with Crippen LogP contribution in [0, 0.1) is 0 Å². The summed E-state index contributed by atoms with van der Waals surface area (Å²) in [6, 6.07) is 13.3. The Bertz CT molecular complexity index is 1040. The molecule has 0 spiro atoms. The van der Waals surface area contributed by atoms with Gasteiger partial charge in [0.25, 0.3) is 0 Å². The fourth-order valence-electron chi connectivity index (χ4n) is 3.86. The molecule has 3 aromatic heterocycles. The Morgan fingerprint density at radius 3 is 2.48 bits per heavy atom. The van der Waals surface area contributed by atoms with Crippen molar-refractivity contribution in [3.05, 3.63) is 59.6 Å². The van der Waals surface area contributed by atoms with E-state index in [1.54, 1.807) is 11.3 Å². The van der Waals surface area contributed by atoms with Gasteiger partial charge in [0.2, 0.25) is 0 Å². The van der Waals surface area contributed by atoms with Gasteiger partial charge in [-0.15, -0.1) is 0 Å². The number of nitrogens with one attached hydrogen (secondary N) is 1. The molecule has 4 heterocycles. The molecule has 4 nitrogen and oxygen atoms in total. The number of H-pyrrole nitrogens is 1. The van der Waals surface area contributed by atoms with Crippen LogP contribution in [-0.4, -0.2) is 48.1 Å². The number of piperazine rings is 1. The summed E-state index contributed by atoms with van der Waals surface area (Å²) in [4.78, 5) is 12.7. The van der Waals surface area contributed by atoms with E-state index in [1.165, 1.54) is 33.3 Å². The minimum absolute atomic E-state index is 0.942. The van der Waals surface area contributed by atoms with Crippen molar-refractivity contribution in [2.24, 2.45) is 0 Å². The van der Waals surface area contributed by atoms with Crippen LogP contribution in [0.15, 0.2) is 59.6 Å². The number of nitrogens with zero attached hydrogens (tertiary/aromatic N) is 3. The van der Waals surface area contributed by atoms with Gasteiger partial charge in [-0.25, -0.2) is 4.98 Å². The van der Waals surface area contributed by atoms with E-state index in [0.717, 1.165) is 31.8 Å². The van der Waals surface area contributed by atoms with Crippen molar-refractivity contribution in [1.82, 2.24) is 14.9 Å². The average molecular weight is 375 g/mol. The van der Waals surface area contributed by atoms with Crippen LogP contribution in [0.2, 0.25) is 0 Å². The van der Waals surface area contributed by atoms with Crippen molar-refractivity contribution in [2.45, 2.75) is 0 Å². The van der Waals surface area contributed by atoms with E-state index in [2.05, 4.69) is 80.2 Å². The maximum absolute atomic E-state index is 4.53. The van der Waals surface area contributed by atoms with Crippen molar-refractivity contribution in [3.63, 3.8) is 0 Å². The van der Waals surface area contributed by atoms with E-state index in [0.29, 0.717) is 0 Å². The first-order valence-electron chi connectivity index (χ1n) is 9.32. The Hall–Kier alpha value is -2.63. The summed E-state index contributed by atoms with van der Waals surface area (Å²) in [5.74, 6) is 0. The third-order valence-electron chi connectivity index (χ3n) is 5.45. The van der Waals surface area contributed by atoms with Gasteiger partial charge in [0.1, 0.15) is 5.65 Å². The molecule has 4 aromatic rings. The van der Waals surface area contributed by atoms with Gasteiger partial charge in [-0.2, -0.15) is 11.3 Å². The quantitative estimate of drug-likeness (QED) is 0.564. The number of thiophene rings is 1. The maximum atomic E-state index is 4.53. The molecule has 1 fully saturated rings. The number of aromatic amines is 1. The SMILES string of the molecule is CN1CCN(c2ccc(-c3c[nH]c4nccc(-c5ccsc5)c34)cc2)CC1. The molecule has 0 aliphatic carbocycles. The third-order valence-corrected chi connectivity index (χ3v) is 6.14. The largest absolute Gasteiger partial charge is 0.369 e. The molecule has 27 heavy (non-hydrogen) atoms. The molecular weight excluding hydrogens is 352 g/mol. The van der Waals surface area contributed by atoms with Crippen molar-refractivity contribution in [1.29, 1.82) is 0 Å². The summed E-state index contributed by atoms with van der Waals surface area (Å²) in [6.07, 6.45) is 3.96. The molecule has 0 atom stereocenters. The number of rotatable bonds is 3. The second-order valence-corrected chi connectivity index (χ2v) is 7.91. The van der Waals surface area contributed by atoms with E-state index < -0.39 is 0 Å². The molecule has 0 amide bonds. The van der Waals surface area contributed by atoms with Crippen molar-refractivity contribution < 1.29 is 0 Å². The number of hydrogen-bond acceptors (Lipinski definition) is 4. The lowest BCUT2D eigenvalue weighted by molar-refractivity contribution is 0.313. The highest BCUT2D eigenvalue weighted by Crippen LogP contribution is 2.36. The monoisotopic (exact) mass is 374 g/mol. The lowest BCUT2D eigenvalue weighted by Gasteiger charge is -2.34. The predicted molar refractivity (Wildman–Crippen MR) is 115 cm³/mol. The Morgan fingerprint density at radius 2 is 1.74 bits per heavy atom. The number of pyridine rings is 1. The zero-order valence-corrected chi connectivity index (χ0v) is 16.2. The molecule has 5 rings (SSSR count). The average Bonchev–Trinajstić information content (AvgIpc) is 3.39. The van der Waals surface area contributed by atoms with Gasteiger partial charge in [0.05, 0.1) is 0 Å². The highest BCUT2D eigenvalue weighted by Gasteiger charge is 2.16. The molecule has 1 N–H and O–H groups in total. The van der Waals surface area contributed by atoms with Gasteiger partial charge in [0, 0.05) is 55.2 Å². The minimum atomic E-state index is 0.942. The first-order chi connectivity index (χ1) is 13.3. The molecule has 0 bridgehead atoms. The summed E-state index contributed by atoms with van der Waals surface area (Å²) in [7, 11) is 2.19. The molecule has 1 aliphatic heterocycles. The zero-order chi connectivity index (χ0) is 18.2. The van der Waals surface area contributed by atoms with Crippen LogP contribution < -0.4 is 4.90 Å². The molecule has 1 aromatic carbocycles. The number of anilines is 1. The summed E-state index contributed by atoms with van der Waals surface area (Å²) >= 11 is 1.73. The summed E-state index contributed by atoms with van der Waals surface area (Å²) in [6.45, 7) is 4.43. The van der Waals surface area contributed by atoms with E-state index >= 15 is 0 Å². The zero-order valence-electron chi connectivity index (χ0n) is 15.4. The van der Waals surface area contributed by atoms with Gasteiger partial charge in [-0.3, -0.25) is 0 Å². The lowest BCUT2D eigenvalue weighted by atomic mass is 9.99. The van der Waals surface area contributed by atoms with Crippen LogP contribution in [0.5, 0.6) is 0 Å². The second-order valence-electron chi connectivity index (χ2n) is 7.13. The van der Waals surface area contributed by atoms with Crippen LogP contribution in [0.3, 0.4) is 0 Å². The number of benzene rings is 1. The van der Waals surface area contributed by atoms with Gasteiger partial charge in [-0.1, -0.05) is 12.1 Å². The molecule has 5 heteroatoms. The topological polar surface area (TPSA) is 35.2 Å². The van der Waals surface area contributed by atoms with Gasteiger partial charge >= 0.3 is 0 Å². The maximum Gasteiger partial charge on any atom is 0.138 e. The molecule has 0 radical (unpaired) electrons. The highest BCUT2D eigenvalue weighted by atomic mass is 32.1. The van der Waals surface area contributed by atoms with Crippen LogP contribution in [0.25, 0.3) is 33.3 Å². The Kier molecular flexibility index (Phi) is 4.19. The van der Waals surface area contributed by atoms with E-state index in [1.807, 2.05) is 6.20 Å². The molecular formula is C22H22N4S. The second kappa shape index (κ2) is 6.83.